The molecule has 0 aromatic carbocycles. The number of ether oxygens (including phenoxy) is 1. The number of nitrogens with one attached hydrogen (secondary N) is 2. The number of nitrogens with zero attached hydrogens (tertiary/aromatic N) is 3. The van der Waals surface area contributed by atoms with Crippen molar-refractivity contribution in [1.29, 1.82) is 0 Å². The van der Waals surface area contributed by atoms with Crippen LogP contribution in [0.2, 0.25) is 0 Å². The summed E-state index contributed by atoms with van der Waals surface area (Å²) in [5.74, 6) is 0.0188. The number of carbonyl (C=O) groups is 3. The Hall–Kier alpha value is -3.27. The van der Waals surface area contributed by atoms with E-state index >= 15 is 0 Å². The molecule has 10 nitrogen and oxygen atoms in total. The number of carbonyl (C=O) groups excluding carboxylic acids is 3. The normalized spacial score (nSPS) is 18.8. The molecule has 2 N–H and O–H groups in total. The van der Waals surface area contributed by atoms with Gasteiger partial charge in [-0.25, -0.2) is 0 Å². The lowest BCUT2D eigenvalue weighted by atomic mass is 10.0. The van der Waals surface area contributed by atoms with Gasteiger partial charge in [-0.05, 0) is 38.7 Å². The second kappa shape index (κ2) is 11.9. The van der Waals surface area contributed by atoms with Crippen LogP contribution in [-0.2, 0) is 19.1 Å². The molecule has 2 aliphatic rings. The molecular weight excluding hydrogens is 450 g/mol. The topological polar surface area (TPSA) is 127 Å². The first kappa shape index (κ1) is 24.8. The van der Waals surface area contributed by atoms with Crippen LogP contribution in [0.1, 0.15) is 68.7 Å². The van der Waals surface area contributed by atoms with E-state index in [4.69, 9.17) is 9.26 Å². The lowest BCUT2D eigenvalue weighted by molar-refractivity contribution is -0.143. The van der Waals surface area contributed by atoms with Crippen LogP contribution in [0.25, 0.3) is 0 Å². The van der Waals surface area contributed by atoms with E-state index in [0.29, 0.717) is 23.7 Å². The Morgan fingerprint density at radius 2 is 2.00 bits per heavy atom. The minimum atomic E-state index is -0.845. The highest BCUT2D eigenvalue weighted by Gasteiger charge is 2.35. The van der Waals surface area contributed by atoms with Gasteiger partial charge in [0.1, 0.15) is 11.8 Å². The third-order valence-corrected chi connectivity index (χ3v) is 6.47. The van der Waals surface area contributed by atoms with Crippen molar-refractivity contribution in [2.45, 2.75) is 76.5 Å². The van der Waals surface area contributed by atoms with Crippen molar-refractivity contribution in [3.63, 3.8) is 0 Å². The molecule has 1 saturated heterocycles. The Labute approximate surface area is 204 Å². The summed E-state index contributed by atoms with van der Waals surface area (Å²) in [6, 6.07) is 4.43. The first-order valence-corrected chi connectivity index (χ1v) is 12.3. The predicted molar refractivity (Wildman–Crippen MR) is 127 cm³/mol. The Kier molecular flexibility index (Phi) is 8.46. The van der Waals surface area contributed by atoms with Gasteiger partial charge in [-0.3, -0.25) is 19.4 Å². The maximum atomic E-state index is 13.5. The first-order valence-electron chi connectivity index (χ1n) is 12.3. The van der Waals surface area contributed by atoms with Crippen molar-refractivity contribution in [1.82, 2.24) is 20.4 Å². The van der Waals surface area contributed by atoms with E-state index in [1.807, 2.05) is 0 Å². The molecule has 0 spiro atoms. The van der Waals surface area contributed by atoms with Crippen molar-refractivity contribution >= 4 is 23.5 Å². The quantitative estimate of drug-likeness (QED) is 0.532. The van der Waals surface area contributed by atoms with Crippen LogP contribution in [0.5, 0.6) is 0 Å². The minimum Gasteiger partial charge on any atom is -0.376 e. The van der Waals surface area contributed by atoms with Gasteiger partial charge in [0.05, 0.1) is 6.10 Å². The molecule has 1 aliphatic carbocycles. The molecule has 1 saturated carbocycles. The van der Waals surface area contributed by atoms with Gasteiger partial charge in [-0.15, -0.1) is 0 Å². The fraction of sp³-hybridized carbons (Fsp3) is 0.560. The zero-order valence-electron chi connectivity index (χ0n) is 20.1. The molecule has 0 radical (unpaired) electrons. The van der Waals surface area contributed by atoms with Crippen LogP contribution in [0.4, 0.5) is 5.82 Å². The molecule has 188 valence electrons. The summed E-state index contributed by atoms with van der Waals surface area (Å²) in [4.78, 5) is 45.2. The summed E-state index contributed by atoms with van der Waals surface area (Å²) in [6.45, 7) is 2.64. The average molecular weight is 484 g/mol. The molecular formula is C25H33N5O5. The van der Waals surface area contributed by atoms with E-state index in [0.717, 1.165) is 38.5 Å². The van der Waals surface area contributed by atoms with Crippen LogP contribution in [0, 0.1) is 6.92 Å². The fourth-order valence-electron chi connectivity index (χ4n) is 4.71. The molecule has 1 aliphatic heterocycles. The number of amides is 3. The molecule has 2 aromatic heterocycles. The molecule has 2 atom stereocenters. The standard InChI is InChI=1S/C25H33N5O5/c1-17-14-21(29-35-17)28-22(31)10-11-23(32)30(16-20-9-5-13-34-20)24(18-6-4-12-26-15-18)25(33)27-19-7-2-3-8-19/h4,6,12,14-15,19-20,24H,2-3,5,7-11,13,16H2,1H3,(H,27,33)(H,28,29,31)/t20-,24+/m0/s1. The number of hydrogen-bond acceptors (Lipinski definition) is 7. The highest BCUT2D eigenvalue weighted by molar-refractivity contribution is 5.94. The molecule has 0 unspecified atom stereocenters. The van der Waals surface area contributed by atoms with E-state index in [9.17, 15) is 14.4 Å². The maximum Gasteiger partial charge on any atom is 0.247 e. The largest absolute Gasteiger partial charge is 0.376 e. The van der Waals surface area contributed by atoms with Gasteiger partial charge in [-0.1, -0.05) is 24.1 Å². The maximum absolute atomic E-state index is 13.5. The van der Waals surface area contributed by atoms with Crippen LogP contribution >= 0.6 is 0 Å². The molecule has 10 heteroatoms. The van der Waals surface area contributed by atoms with Crippen LogP contribution < -0.4 is 10.6 Å². The molecule has 0 bridgehead atoms. The van der Waals surface area contributed by atoms with Gasteiger partial charge in [0.25, 0.3) is 0 Å². The summed E-state index contributed by atoms with van der Waals surface area (Å²) in [7, 11) is 0. The zero-order chi connectivity index (χ0) is 24.6. The number of aryl methyl sites for hydroxylation is 1. The fourth-order valence-corrected chi connectivity index (χ4v) is 4.71. The van der Waals surface area contributed by atoms with E-state index in [1.54, 1.807) is 42.4 Å². The van der Waals surface area contributed by atoms with E-state index in [-0.39, 0.29) is 49.3 Å². The number of pyridine rings is 1. The van der Waals surface area contributed by atoms with Crippen molar-refractivity contribution in [2.24, 2.45) is 0 Å². The monoisotopic (exact) mass is 483 g/mol. The highest BCUT2D eigenvalue weighted by Crippen LogP contribution is 2.27. The Morgan fingerprint density at radius 1 is 1.17 bits per heavy atom. The number of anilines is 1. The van der Waals surface area contributed by atoms with Gasteiger partial charge in [0.15, 0.2) is 5.82 Å². The van der Waals surface area contributed by atoms with E-state index < -0.39 is 6.04 Å². The number of aromatic nitrogens is 2. The van der Waals surface area contributed by atoms with Gasteiger partial charge in [-0.2, -0.15) is 0 Å². The highest BCUT2D eigenvalue weighted by atomic mass is 16.5. The van der Waals surface area contributed by atoms with Crippen molar-refractivity contribution < 1.29 is 23.6 Å². The summed E-state index contributed by atoms with van der Waals surface area (Å²) in [6.07, 6.45) is 8.79. The van der Waals surface area contributed by atoms with Gasteiger partial charge in [0, 0.05) is 56.1 Å². The first-order chi connectivity index (χ1) is 17.0. The van der Waals surface area contributed by atoms with E-state index in [2.05, 4.69) is 20.8 Å². The van der Waals surface area contributed by atoms with Gasteiger partial charge >= 0.3 is 0 Å². The smallest absolute Gasteiger partial charge is 0.247 e. The van der Waals surface area contributed by atoms with Crippen LogP contribution in [0.3, 0.4) is 0 Å². The number of rotatable bonds is 10. The van der Waals surface area contributed by atoms with Crippen molar-refractivity contribution in [3.05, 3.63) is 41.9 Å². The lowest BCUT2D eigenvalue weighted by Crippen LogP contribution is -2.48. The van der Waals surface area contributed by atoms with Crippen molar-refractivity contribution in [2.75, 3.05) is 18.5 Å². The van der Waals surface area contributed by atoms with E-state index in [1.165, 1.54) is 0 Å². The molecule has 3 amide bonds. The summed E-state index contributed by atoms with van der Waals surface area (Å²) in [5.41, 5.74) is 0.636. The molecule has 2 fully saturated rings. The lowest BCUT2D eigenvalue weighted by Gasteiger charge is -2.33. The number of hydrogen-bond donors (Lipinski definition) is 2. The third kappa shape index (κ3) is 6.88. The molecule has 2 aromatic rings. The zero-order valence-corrected chi connectivity index (χ0v) is 20.1. The average Bonchev–Trinajstić information content (AvgIpc) is 3.62. The molecule has 35 heavy (non-hydrogen) atoms. The van der Waals surface area contributed by atoms with Gasteiger partial charge < -0.3 is 24.8 Å². The SMILES string of the molecule is Cc1cc(NC(=O)CCC(=O)N(C[C@@H]2CCCO2)[C@@H](C(=O)NC2CCCC2)c2cccnc2)no1. The van der Waals surface area contributed by atoms with Crippen molar-refractivity contribution in [3.8, 4) is 0 Å². The Bertz CT molecular complexity index is 999. The summed E-state index contributed by atoms with van der Waals surface area (Å²) in [5, 5.41) is 9.52. The Balaban J connectivity index is 1.50. The molecule has 3 heterocycles. The second-order valence-corrected chi connectivity index (χ2v) is 9.23. The van der Waals surface area contributed by atoms with Gasteiger partial charge in [0.2, 0.25) is 17.7 Å². The van der Waals surface area contributed by atoms with Crippen LogP contribution in [0.15, 0.2) is 35.1 Å². The second-order valence-electron chi connectivity index (χ2n) is 9.23. The Morgan fingerprint density at radius 3 is 2.66 bits per heavy atom. The predicted octanol–water partition coefficient (Wildman–Crippen LogP) is 2.90. The molecule has 4 rings (SSSR count). The van der Waals surface area contributed by atoms with Crippen LogP contribution in [-0.4, -0.2) is 58.1 Å². The summed E-state index contributed by atoms with van der Waals surface area (Å²) >= 11 is 0. The third-order valence-electron chi connectivity index (χ3n) is 6.47. The minimum absolute atomic E-state index is 0.0449. The summed E-state index contributed by atoms with van der Waals surface area (Å²) < 4.78 is 10.8.